The number of aliphatic imine (C=N–C) groups is 1. The van der Waals surface area contributed by atoms with Crippen LogP contribution in [0.2, 0.25) is 0 Å². The Hall–Kier alpha value is -1.88. The number of aromatic nitrogens is 3. The van der Waals surface area contributed by atoms with Crippen LogP contribution in [0.4, 0.5) is 5.69 Å². The van der Waals surface area contributed by atoms with Gasteiger partial charge >= 0.3 is 0 Å². The maximum Gasteiger partial charge on any atom is 0.191 e. The molecular formula is C22H38IN7O. The molecule has 9 heteroatoms. The minimum Gasteiger partial charge on any atom is -0.382 e. The number of ether oxygens (including phenoxy) is 1. The van der Waals surface area contributed by atoms with Crippen molar-refractivity contribution in [2.75, 3.05) is 44.3 Å². The average Bonchev–Trinajstić information content (AvgIpc) is 3.09. The van der Waals surface area contributed by atoms with Crippen LogP contribution < -0.4 is 15.5 Å². The van der Waals surface area contributed by atoms with E-state index in [1.54, 1.807) is 0 Å². The van der Waals surface area contributed by atoms with Crippen molar-refractivity contribution in [1.82, 2.24) is 25.4 Å². The molecule has 0 atom stereocenters. The highest BCUT2D eigenvalue weighted by molar-refractivity contribution is 14.0. The Kier molecular flexibility index (Phi) is 13.9. The molecule has 2 rings (SSSR count). The lowest BCUT2D eigenvalue weighted by molar-refractivity contribution is 0.145. The molecule has 0 saturated carbocycles. The molecule has 0 bridgehead atoms. The predicted molar refractivity (Wildman–Crippen MR) is 138 cm³/mol. The van der Waals surface area contributed by atoms with Crippen LogP contribution in [0.3, 0.4) is 0 Å². The summed E-state index contributed by atoms with van der Waals surface area (Å²) in [6.45, 7) is 11.8. The van der Waals surface area contributed by atoms with E-state index in [-0.39, 0.29) is 24.0 Å². The zero-order valence-electron chi connectivity index (χ0n) is 19.3. The molecule has 2 aromatic rings. The van der Waals surface area contributed by atoms with Gasteiger partial charge in [-0.2, -0.15) is 0 Å². The number of aryl methyl sites for hydroxylation is 1. The second kappa shape index (κ2) is 15.9. The Bertz CT molecular complexity index is 752. The summed E-state index contributed by atoms with van der Waals surface area (Å²) in [4.78, 5) is 7.08. The van der Waals surface area contributed by atoms with Crippen LogP contribution >= 0.6 is 24.0 Å². The third kappa shape index (κ3) is 9.86. The average molecular weight is 543 g/mol. The fraction of sp³-hybridized carbons (Fsp3) is 0.591. The number of hydrogen-bond acceptors (Lipinski definition) is 5. The van der Waals surface area contributed by atoms with E-state index in [4.69, 9.17) is 9.73 Å². The van der Waals surface area contributed by atoms with Gasteiger partial charge in [0, 0.05) is 52.1 Å². The molecule has 0 spiro atoms. The molecule has 0 unspecified atom stereocenters. The van der Waals surface area contributed by atoms with Gasteiger partial charge in [-0.3, -0.25) is 0 Å². The molecule has 2 N–H and O–H groups in total. The third-order valence-corrected chi connectivity index (χ3v) is 4.92. The number of guanidine groups is 1. The van der Waals surface area contributed by atoms with Gasteiger partial charge in [-0.1, -0.05) is 18.2 Å². The van der Waals surface area contributed by atoms with E-state index in [1.807, 2.05) is 25.5 Å². The molecular weight excluding hydrogens is 505 g/mol. The summed E-state index contributed by atoms with van der Waals surface area (Å²) in [5, 5.41) is 15.1. The van der Waals surface area contributed by atoms with E-state index in [0.717, 1.165) is 69.8 Å². The van der Waals surface area contributed by atoms with Crippen molar-refractivity contribution in [1.29, 1.82) is 0 Å². The fourth-order valence-electron chi connectivity index (χ4n) is 3.02. The third-order valence-electron chi connectivity index (χ3n) is 4.92. The largest absolute Gasteiger partial charge is 0.382 e. The van der Waals surface area contributed by atoms with Crippen LogP contribution in [0.25, 0.3) is 0 Å². The van der Waals surface area contributed by atoms with Crippen molar-refractivity contribution in [3.63, 3.8) is 0 Å². The zero-order valence-corrected chi connectivity index (χ0v) is 21.6. The van der Waals surface area contributed by atoms with E-state index >= 15 is 0 Å². The topological polar surface area (TPSA) is 79.6 Å². The molecule has 174 valence electrons. The summed E-state index contributed by atoms with van der Waals surface area (Å²) in [6, 6.07) is 10.5. The van der Waals surface area contributed by atoms with Gasteiger partial charge in [0.1, 0.15) is 12.4 Å². The lowest BCUT2D eigenvalue weighted by atomic mass is 10.2. The molecule has 1 heterocycles. The number of nitrogens with zero attached hydrogens (tertiary/aromatic N) is 5. The van der Waals surface area contributed by atoms with E-state index in [0.29, 0.717) is 6.54 Å². The van der Waals surface area contributed by atoms with Crippen molar-refractivity contribution in [2.24, 2.45) is 12.0 Å². The Morgan fingerprint density at radius 3 is 2.42 bits per heavy atom. The summed E-state index contributed by atoms with van der Waals surface area (Å²) in [6.07, 6.45) is 1.96. The number of nitrogens with one attached hydrogen (secondary N) is 2. The van der Waals surface area contributed by atoms with Crippen molar-refractivity contribution in [3.05, 3.63) is 42.0 Å². The van der Waals surface area contributed by atoms with Gasteiger partial charge in [0.2, 0.25) is 0 Å². The van der Waals surface area contributed by atoms with Gasteiger partial charge in [-0.15, -0.1) is 34.2 Å². The normalized spacial score (nSPS) is 11.2. The first-order valence-electron chi connectivity index (χ1n) is 10.9. The molecule has 31 heavy (non-hydrogen) atoms. The zero-order chi connectivity index (χ0) is 21.6. The van der Waals surface area contributed by atoms with Crippen LogP contribution in [0.15, 0.2) is 35.3 Å². The molecule has 0 aliphatic carbocycles. The smallest absolute Gasteiger partial charge is 0.191 e. The molecule has 1 aromatic carbocycles. The number of hydrogen-bond donors (Lipinski definition) is 2. The molecule has 0 amide bonds. The summed E-state index contributed by atoms with van der Waals surface area (Å²) in [5.74, 6) is 2.54. The Morgan fingerprint density at radius 1 is 1.10 bits per heavy atom. The summed E-state index contributed by atoms with van der Waals surface area (Å²) in [5.41, 5.74) is 1.26. The molecule has 1 aromatic heterocycles. The Labute approximate surface area is 203 Å². The predicted octanol–water partition coefficient (Wildman–Crippen LogP) is 3.12. The van der Waals surface area contributed by atoms with E-state index in [9.17, 15) is 0 Å². The molecule has 0 aliphatic heterocycles. The van der Waals surface area contributed by atoms with Crippen molar-refractivity contribution >= 4 is 35.6 Å². The summed E-state index contributed by atoms with van der Waals surface area (Å²) >= 11 is 0. The van der Waals surface area contributed by atoms with Crippen LogP contribution in [0, 0.1) is 6.92 Å². The lowest BCUT2D eigenvalue weighted by Gasteiger charge is -2.23. The standard InChI is InChI=1S/C22H37N7O.HI/c1-5-29(20-12-8-7-9-13-20)16-10-14-23-22(24-15-11-17-30-6-2)25-18-21-27-26-19(3)28(21)4;/h7-9,12-13H,5-6,10-11,14-18H2,1-4H3,(H2,23,24,25);1H. The highest BCUT2D eigenvalue weighted by atomic mass is 127. The molecule has 0 saturated heterocycles. The SMILES string of the molecule is CCOCCCNC(=NCc1nnc(C)n1C)NCCCN(CC)c1ccccc1.I. The summed E-state index contributed by atoms with van der Waals surface area (Å²) in [7, 11) is 1.96. The maximum absolute atomic E-state index is 5.41. The highest BCUT2D eigenvalue weighted by Gasteiger charge is 2.06. The number of rotatable bonds is 13. The first-order valence-corrected chi connectivity index (χ1v) is 10.9. The minimum atomic E-state index is 0. The van der Waals surface area contributed by atoms with Gasteiger partial charge in [0.15, 0.2) is 11.8 Å². The monoisotopic (exact) mass is 543 g/mol. The first kappa shape index (κ1) is 27.2. The van der Waals surface area contributed by atoms with Gasteiger partial charge in [-0.25, -0.2) is 4.99 Å². The van der Waals surface area contributed by atoms with Crippen LogP contribution in [0.5, 0.6) is 0 Å². The molecule has 8 nitrogen and oxygen atoms in total. The highest BCUT2D eigenvalue weighted by Crippen LogP contribution is 2.12. The van der Waals surface area contributed by atoms with Crippen molar-refractivity contribution < 1.29 is 4.74 Å². The van der Waals surface area contributed by atoms with Crippen molar-refractivity contribution in [2.45, 2.75) is 40.2 Å². The number of para-hydroxylation sites is 1. The van der Waals surface area contributed by atoms with Crippen LogP contribution in [0.1, 0.15) is 38.3 Å². The van der Waals surface area contributed by atoms with Crippen LogP contribution in [-0.2, 0) is 18.3 Å². The quantitative estimate of drug-likeness (QED) is 0.175. The number of benzene rings is 1. The Balaban J connectivity index is 0.00000480. The number of anilines is 1. The van der Waals surface area contributed by atoms with E-state index in [2.05, 4.69) is 63.0 Å². The lowest BCUT2D eigenvalue weighted by Crippen LogP contribution is -2.39. The second-order valence-electron chi connectivity index (χ2n) is 7.06. The van der Waals surface area contributed by atoms with Gasteiger partial charge in [-0.05, 0) is 45.7 Å². The van der Waals surface area contributed by atoms with Gasteiger partial charge < -0.3 is 24.8 Å². The first-order chi connectivity index (χ1) is 14.7. The molecule has 0 fully saturated rings. The van der Waals surface area contributed by atoms with Crippen LogP contribution in [-0.4, -0.2) is 60.1 Å². The molecule has 0 radical (unpaired) electrons. The van der Waals surface area contributed by atoms with Gasteiger partial charge in [0.25, 0.3) is 0 Å². The second-order valence-corrected chi connectivity index (χ2v) is 7.06. The fourth-order valence-corrected chi connectivity index (χ4v) is 3.02. The van der Waals surface area contributed by atoms with Gasteiger partial charge in [0.05, 0.1) is 0 Å². The molecule has 0 aliphatic rings. The van der Waals surface area contributed by atoms with Crippen molar-refractivity contribution in [3.8, 4) is 0 Å². The maximum atomic E-state index is 5.41. The Morgan fingerprint density at radius 2 is 1.81 bits per heavy atom. The number of halogens is 1. The van der Waals surface area contributed by atoms with E-state index in [1.165, 1.54) is 5.69 Å². The van der Waals surface area contributed by atoms with E-state index < -0.39 is 0 Å². The minimum absolute atomic E-state index is 0. The summed E-state index contributed by atoms with van der Waals surface area (Å²) < 4.78 is 7.38.